The Balaban J connectivity index is 3.18. The van der Waals surface area contributed by atoms with Crippen molar-refractivity contribution in [2.45, 2.75) is 26.7 Å². The zero-order chi connectivity index (χ0) is 9.94. The van der Waals surface area contributed by atoms with Crippen LogP contribution >= 0.6 is 0 Å². The molecule has 78 valence electrons. The molecule has 4 heteroatoms. The van der Waals surface area contributed by atoms with Gasteiger partial charge in [0.2, 0.25) is 0 Å². The largest absolute Gasteiger partial charge is 0.382 e. The normalized spacial score (nSPS) is 11.7. The fraction of sp³-hybridized carbons (Fsp3) is 0.889. The van der Waals surface area contributed by atoms with E-state index < -0.39 is 0 Å². The van der Waals surface area contributed by atoms with Crippen LogP contribution in [-0.4, -0.2) is 32.3 Å². The predicted octanol–water partition coefficient (Wildman–Crippen LogP) is 0.727. The van der Waals surface area contributed by atoms with E-state index in [0.29, 0.717) is 5.96 Å². The van der Waals surface area contributed by atoms with Crippen LogP contribution in [0.25, 0.3) is 0 Å². The lowest BCUT2D eigenvalue weighted by atomic mass is 10.3. The molecule has 4 nitrogen and oxygen atoms in total. The molecule has 0 unspecified atom stereocenters. The van der Waals surface area contributed by atoms with E-state index in [-0.39, 0.29) is 0 Å². The monoisotopic (exact) mass is 187 g/mol. The van der Waals surface area contributed by atoms with Crippen molar-refractivity contribution in [2.24, 2.45) is 10.7 Å². The molecule has 0 aromatic rings. The maximum Gasteiger partial charge on any atom is 0.188 e. The number of hydrogen-bond donors (Lipinski definition) is 2. The second-order valence-corrected chi connectivity index (χ2v) is 2.70. The van der Waals surface area contributed by atoms with Gasteiger partial charge in [0.1, 0.15) is 0 Å². The first kappa shape index (κ1) is 12.2. The van der Waals surface area contributed by atoms with Gasteiger partial charge in [-0.2, -0.15) is 0 Å². The fourth-order valence-corrected chi connectivity index (χ4v) is 0.897. The molecule has 0 rings (SSSR count). The smallest absolute Gasteiger partial charge is 0.188 e. The van der Waals surface area contributed by atoms with Gasteiger partial charge in [-0.15, -0.1) is 0 Å². The van der Waals surface area contributed by atoms with Crippen LogP contribution in [0.5, 0.6) is 0 Å². The molecule has 0 spiro atoms. The summed E-state index contributed by atoms with van der Waals surface area (Å²) in [5.74, 6) is 0.541. The molecule has 0 saturated heterocycles. The van der Waals surface area contributed by atoms with Crippen LogP contribution in [0.4, 0.5) is 0 Å². The minimum atomic E-state index is 0.541. The molecule has 3 N–H and O–H groups in total. The van der Waals surface area contributed by atoms with Crippen LogP contribution in [0.1, 0.15) is 26.7 Å². The number of nitrogens with one attached hydrogen (secondary N) is 1. The molecule has 0 heterocycles. The number of nitrogens with zero attached hydrogens (tertiary/aromatic N) is 1. The molecule has 0 aliphatic rings. The van der Waals surface area contributed by atoms with E-state index >= 15 is 0 Å². The minimum absolute atomic E-state index is 0.541. The Morgan fingerprint density at radius 1 is 1.38 bits per heavy atom. The van der Waals surface area contributed by atoms with Crippen molar-refractivity contribution in [3.8, 4) is 0 Å². The molecule has 0 atom stereocenters. The van der Waals surface area contributed by atoms with Gasteiger partial charge in [-0.3, -0.25) is 4.99 Å². The average Bonchev–Trinajstić information content (AvgIpc) is 2.11. The summed E-state index contributed by atoms with van der Waals surface area (Å²) in [4.78, 5) is 4.14. The summed E-state index contributed by atoms with van der Waals surface area (Å²) in [7, 11) is 0. The van der Waals surface area contributed by atoms with E-state index in [0.717, 1.165) is 39.1 Å². The topological polar surface area (TPSA) is 59.6 Å². The van der Waals surface area contributed by atoms with Gasteiger partial charge < -0.3 is 15.8 Å². The number of unbranched alkanes of at least 4 members (excludes halogenated alkanes) is 1. The lowest BCUT2D eigenvalue weighted by molar-refractivity contribution is 0.144. The first-order chi connectivity index (χ1) is 6.31. The zero-order valence-corrected chi connectivity index (χ0v) is 8.68. The van der Waals surface area contributed by atoms with Gasteiger partial charge in [0.25, 0.3) is 0 Å². The third kappa shape index (κ3) is 9.14. The summed E-state index contributed by atoms with van der Waals surface area (Å²) in [6.07, 6.45) is 2.09. The predicted molar refractivity (Wildman–Crippen MR) is 55.9 cm³/mol. The minimum Gasteiger partial charge on any atom is -0.382 e. The summed E-state index contributed by atoms with van der Waals surface area (Å²) in [5, 5.41) is 2.94. The van der Waals surface area contributed by atoms with Gasteiger partial charge in [0.05, 0.1) is 0 Å². The molecule has 0 bridgehead atoms. The average molecular weight is 187 g/mol. The summed E-state index contributed by atoms with van der Waals surface area (Å²) in [6, 6.07) is 0. The van der Waals surface area contributed by atoms with Crippen LogP contribution in [-0.2, 0) is 4.74 Å². The van der Waals surface area contributed by atoms with Crippen molar-refractivity contribution in [3.05, 3.63) is 0 Å². The van der Waals surface area contributed by atoms with E-state index in [9.17, 15) is 0 Å². The second kappa shape index (κ2) is 9.32. The van der Waals surface area contributed by atoms with Gasteiger partial charge in [0, 0.05) is 26.3 Å². The Morgan fingerprint density at radius 3 is 2.77 bits per heavy atom. The Bertz CT molecular complexity index is 137. The number of guanidine groups is 1. The van der Waals surface area contributed by atoms with E-state index in [4.69, 9.17) is 10.5 Å². The molecular weight excluding hydrogens is 166 g/mol. The number of rotatable bonds is 7. The molecule has 0 radical (unpaired) electrons. The van der Waals surface area contributed by atoms with Crippen LogP contribution in [0.3, 0.4) is 0 Å². The Morgan fingerprint density at radius 2 is 2.15 bits per heavy atom. The summed E-state index contributed by atoms with van der Waals surface area (Å²) < 4.78 is 5.19. The highest BCUT2D eigenvalue weighted by Gasteiger charge is 1.89. The quantitative estimate of drug-likeness (QED) is 0.351. The van der Waals surface area contributed by atoms with E-state index in [1.54, 1.807) is 0 Å². The number of aliphatic imine (C=N–C) groups is 1. The van der Waals surface area contributed by atoms with Gasteiger partial charge in [-0.1, -0.05) is 0 Å². The van der Waals surface area contributed by atoms with Crippen LogP contribution in [0.15, 0.2) is 4.99 Å². The first-order valence-electron chi connectivity index (χ1n) is 4.92. The van der Waals surface area contributed by atoms with Crippen molar-refractivity contribution in [2.75, 3.05) is 26.3 Å². The SMILES string of the molecule is CCNC(N)=NCCCCOCC. The Kier molecular flexibility index (Phi) is 8.77. The molecule has 0 aliphatic carbocycles. The highest BCUT2D eigenvalue weighted by Crippen LogP contribution is 1.90. The van der Waals surface area contributed by atoms with Crippen LogP contribution in [0.2, 0.25) is 0 Å². The van der Waals surface area contributed by atoms with Crippen molar-refractivity contribution in [1.29, 1.82) is 0 Å². The van der Waals surface area contributed by atoms with E-state index in [1.807, 2.05) is 13.8 Å². The first-order valence-corrected chi connectivity index (χ1v) is 4.92. The molecule has 0 aliphatic heterocycles. The molecule has 0 aromatic carbocycles. The lowest BCUT2D eigenvalue weighted by Crippen LogP contribution is -2.31. The molecule has 13 heavy (non-hydrogen) atoms. The molecular formula is C9H21N3O. The third-order valence-electron chi connectivity index (χ3n) is 1.54. The summed E-state index contributed by atoms with van der Waals surface area (Å²) in [6.45, 7) is 7.23. The van der Waals surface area contributed by atoms with E-state index in [1.165, 1.54) is 0 Å². The standard InChI is InChI=1S/C9H21N3O/c1-3-11-9(10)12-7-5-6-8-13-4-2/h3-8H2,1-2H3,(H3,10,11,12). The van der Waals surface area contributed by atoms with Crippen molar-refractivity contribution >= 4 is 5.96 Å². The van der Waals surface area contributed by atoms with E-state index in [2.05, 4.69) is 10.3 Å². The third-order valence-corrected chi connectivity index (χ3v) is 1.54. The summed E-state index contributed by atoms with van der Waals surface area (Å²) >= 11 is 0. The highest BCUT2D eigenvalue weighted by atomic mass is 16.5. The Hall–Kier alpha value is -0.770. The van der Waals surface area contributed by atoms with Crippen molar-refractivity contribution in [1.82, 2.24) is 5.32 Å². The second-order valence-electron chi connectivity index (χ2n) is 2.70. The fourth-order valence-electron chi connectivity index (χ4n) is 0.897. The number of hydrogen-bond acceptors (Lipinski definition) is 2. The van der Waals surface area contributed by atoms with Crippen LogP contribution in [0, 0.1) is 0 Å². The van der Waals surface area contributed by atoms with Gasteiger partial charge in [0.15, 0.2) is 5.96 Å². The molecule has 0 amide bonds. The lowest BCUT2D eigenvalue weighted by Gasteiger charge is -2.01. The van der Waals surface area contributed by atoms with Crippen molar-refractivity contribution < 1.29 is 4.74 Å². The Labute approximate surface area is 80.6 Å². The van der Waals surface area contributed by atoms with Crippen LogP contribution < -0.4 is 11.1 Å². The summed E-state index contributed by atoms with van der Waals surface area (Å²) in [5.41, 5.74) is 5.53. The molecule has 0 aromatic heterocycles. The van der Waals surface area contributed by atoms with Gasteiger partial charge in [-0.25, -0.2) is 0 Å². The van der Waals surface area contributed by atoms with Crippen molar-refractivity contribution in [3.63, 3.8) is 0 Å². The maximum atomic E-state index is 5.53. The highest BCUT2D eigenvalue weighted by molar-refractivity contribution is 5.77. The zero-order valence-electron chi connectivity index (χ0n) is 8.68. The van der Waals surface area contributed by atoms with Gasteiger partial charge >= 0.3 is 0 Å². The molecule has 0 fully saturated rings. The maximum absolute atomic E-state index is 5.53. The van der Waals surface area contributed by atoms with Gasteiger partial charge in [-0.05, 0) is 26.7 Å². The number of nitrogens with two attached hydrogens (primary N) is 1. The molecule has 0 saturated carbocycles. The number of ether oxygens (including phenoxy) is 1.